The molecule has 27 heavy (non-hydrogen) atoms. The van der Waals surface area contributed by atoms with Crippen LogP contribution < -0.4 is 11.1 Å². The van der Waals surface area contributed by atoms with Gasteiger partial charge in [-0.2, -0.15) is 4.98 Å². The lowest BCUT2D eigenvalue weighted by atomic mass is 10.1. The largest absolute Gasteiger partial charge is 0.477 e. The zero-order valence-electron chi connectivity index (χ0n) is 14.4. The topological polar surface area (TPSA) is 173 Å². The third-order valence-electron chi connectivity index (χ3n) is 3.48. The number of carboxylic acid groups (broad SMARTS) is 1. The van der Waals surface area contributed by atoms with Gasteiger partial charge in [-0.15, -0.1) is 0 Å². The Balaban J connectivity index is 1.85. The molecule has 12 heteroatoms. The molecular formula is C15H16N8O3S. The van der Waals surface area contributed by atoms with Crippen LogP contribution in [0, 0.1) is 5.92 Å². The predicted molar refractivity (Wildman–Crippen MR) is 98.2 cm³/mol. The lowest BCUT2D eigenvalue weighted by molar-refractivity contribution is -0.116. The van der Waals surface area contributed by atoms with Gasteiger partial charge in [-0.25, -0.2) is 24.7 Å². The fourth-order valence-electron chi connectivity index (χ4n) is 2.24. The Morgan fingerprint density at radius 2 is 2.04 bits per heavy atom. The minimum atomic E-state index is -1.21. The third-order valence-corrected chi connectivity index (χ3v) is 5.01. The van der Waals surface area contributed by atoms with E-state index >= 15 is 0 Å². The lowest BCUT2D eigenvalue weighted by Crippen LogP contribution is -2.30. The second kappa shape index (κ2) is 7.53. The maximum atomic E-state index is 12.7. The number of aromatic nitrogens is 6. The Hall–Kier alpha value is -3.28. The zero-order chi connectivity index (χ0) is 19.6. The molecule has 3 heterocycles. The molecule has 0 aliphatic heterocycles. The Morgan fingerprint density at radius 3 is 2.74 bits per heavy atom. The van der Waals surface area contributed by atoms with Crippen molar-refractivity contribution in [1.82, 2.24) is 29.9 Å². The summed E-state index contributed by atoms with van der Waals surface area (Å²) in [6.45, 7) is 3.75. The van der Waals surface area contributed by atoms with E-state index in [9.17, 15) is 9.59 Å². The molecule has 0 fully saturated rings. The molecule has 5 N–H and O–H groups in total. The molecule has 0 saturated heterocycles. The summed E-state index contributed by atoms with van der Waals surface area (Å²) in [5.41, 5.74) is 6.49. The third kappa shape index (κ3) is 4.11. The molecule has 0 aliphatic carbocycles. The minimum Gasteiger partial charge on any atom is -0.477 e. The summed E-state index contributed by atoms with van der Waals surface area (Å²) < 4.78 is 0. The minimum absolute atomic E-state index is 0.0532. The van der Waals surface area contributed by atoms with Crippen LogP contribution in [0.25, 0.3) is 11.2 Å². The van der Waals surface area contributed by atoms with Crippen LogP contribution in [-0.2, 0) is 4.79 Å². The number of carboxylic acids is 1. The summed E-state index contributed by atoms with van der Waals surface area (Å²) in [7, 11) is 0. The Bertz CT molecular complexity index is 1010. The molecule has 1 atom stereocenters. The smallest absolute Gasteiger partial charge is 0.354 e. The molecule has 3 aromatic rings. The molecule has 0 aliphatic rings. The fraction of sp³-hybridized carbons (Fsp3) is 0.267. The number of hydrogen-bond donors (Lipinski definition) is 4. The van der Waals surface area contributed by atoms with Crippen molar-refractivity contribution in [3.63, 3.8) is 0 Å². The van der Waals surface area contributed by atoms with E-state index in [-0.39, 0.29) is 29.4 Å². The van der Waals surface area contributed by atoms with Crippen molar-refractivity contribution >= 4 is 46.7 Å². The van der Waals surface area contributed by atoms with E-state index in [2.05, 4.69) is 35.2 Å². The maximum Gasteiger partial charge on any atom is 0.354 e. The number of aromatic carboxylic acids is 1. The molecular weight excluding hydrogens is 372 g/mol. The van der Waals surface area contributed by atoms with Crippen molar-refractivity contribution < 1.29 is 14.7 Å². The van der Waals surface area contributed by atoms with Crippen LogP contribution in [0.2, 0.25) is 0 Å². The van der Waals surface area contributed by atoms with Crippen LogP contribution in [0.1, 0.15) is 24.3 Å². The number of carbonyl (C=O) groups is 2. The highest BCUT2D eigenvalue weighted by atomic mass is 32.2. The summed E-state index contributed by atoms with van der Waals surface area (Å²) in [6.07, 6.45) is 2.74. The number of fused-ring (bicyclic) bond motifs is 1. The van der Waals surface area contributed by atoms with E-state index in [1.807, 2.05) is 13.8 Å². The number of amides is 1. The van der Waals surface area contributed by atoms with Crippen molar-refractivity contribution in [2.45, 2.75) is 24.1 Å². The van der Waals surface area contributed by atoms with E-state index in [4.69, 9.17) is 10.8 Å². The molecule has 0 bridgehead atoms. The van der Waals surface area contributed by atoms with Crippen LogP contribution in [0.4, 0.5) is 11.9 Å². The first-order chi connectivity index (χ1) is 12.8. The van der Waals surface area contributed by atoms with Crippen molar-refractivity contribution in [3.05, 3.63) is 24.3 Å². The molecule has 0 saturated carbocycles. The van der Waals surface area contributed by atoms with E-state index in [1.165, 1.54) is 30.4 Å². The monoisotopic (exact) mass is 388 g/mol. The Labute approximate surface area is 157 Å². The predicted octanol–water partition coefficient (Wildman–Crippen LogP) is 1.18. The van der Waals surface area contributed by atoms with Gasteiger partial charge >= 0.3 is 5.97 Å². The van der Waals surface area contributed by atoms with Crippen molar-refractivity contribution in [2.24, 2.45) is 5.92 Å². The zero-order valence-corrected chi connectivity index (χ0v) is 15.2. The molecule has 3 aromatic heterocycles. The van der Waals surface area contributed by atoms with E-state index in [0.29, 0.717) is 16.2 Å². The van der Waals surface area contributed by atoms with Gasteiger partial charge in [0.15, 0.2) is 11.3 Å². The SMILES string of the molecule is CC(C)[C@H](Sc1nc(N)nc2nc[nH]c12)C(=O)Nc1nccc(C(=O)O)n1. The standard InChI is InChI=1S/C15H16N8O3S/c1-6(2)9(11(24)22-15-17-4-3-7(20-15)13(25)26)27-12-8-10(19-5-18-8)21-14(16)23-12/h3-6,9H,1-2H3,(H,25,26)(H,17,20,22,24)(H3,16,18,19,21,23)/t9-/m0/s1. The molecule has 0 spiro atoms. The number of anilines is 2. The van der Waals surface area contributed by atoms with Gasteiger partial charge in [0, 0.05) is 6.20 Å². The number of nitrogens with one attached hydrogen (secondary N) is 2. The number of nitrogens with zero attached hydrogens (tertiary/aromatic N) is 5. The molecule has 0 aromatic carbocycles. The maximum absolute atomic E-state index is 12.7. The molecule has 11 nitrogen and oxygen atoms in total. The molecule has 1 amide bonds. The number of carbonyl (C=O) groups excluding carboxylic acids is 1. The van der Waals surface area contributed by atoms with E-state index in [0.717, 1.165) is 0 Å². The van der Waals surface area contributed by atoms with E-state index < -0.39 is 11.2 Å². The Morgan fingerprint density at radius 1 is 1.26 bits per heavy atom. The normalized spacial score (nSPS) is 12.3. The number of aromatic amines is 1. The van der Waals surface area contributed by atoms with Gasteiger partial charge in [-0.3, -0.25) is 10.1 Å². The van der Waals surface area contributed by atoms with Gasteiger partial charge < -0.3 is 15.8 Å². The number of thioether (sulfide) groups is 1. The van der Waals surface area contributed by atoms with Gasteiger partial charge in [0.2, 0.25) is 17.8 Å². The first-order valence-electron chi connectivity index (χ1n) is 7.85. The quantitative estimate of drug-likeness (QED) is 0.354. The number of nitrogens with two attached hydrogens (primary N) is 1. The molecule has 140 valence electrons. The number of imidazole rings is 1. The van der Waals surface area contributed by atoms with Gasteiger partial charge in [0.25, 0.3) is 0 Å². The average Bonchev–Trinajstić information content (AvgIpc) is 3.07. The highest BCUT2D eigenvalue weighted by Gasteiger charge is 2.27. The number of H-pyrrole nitrogens is 1. The summed E-state index contributed by atoms with van der Waals surface area (Å²) in [5.74, 6) is -1.70. The second-order valence-electron chi connectivity index (χ2n) is 5.83. The van der Waals surface area contributed by atoms with Crippen LogP contribution in [-0.4, -0.2) is 52.1 Å². The van der Waals surface area contributed by atoms with Crippen molar-refractivity contribution in [1.29, 1.82) is 0 Å². The van der Waals surface area contributed by atoms with Crippen LogP contribution in [0.3, 0.4) is 0 Å². The summed E-state index contributed by atoms with van der Waals surface area (Å²) in [6, 6.07) is 1.24. The van der Waals surface area contributed by atoms with Gasteiger partial charge in [-0.05, 0) is 12.0 Å². The molecule has 0 radical (unpaired) electrons. The average molecular weight is 388 g/mol. The molecule has 3 rings (SSSR count). The van der Waals surface area contributed by atoms with Crippen molar-refractivity contribution in [3.8, 4) is 0 Å². The second-order valence-corrected chi connectivity index (χ2v) is 6.96. The summed E-state index contributed by atoms with van der Waals surface area (Å²) in [4.78, 5) is 46.6. The number of hydrogen-bond acceptors (Lipinski definition) is 9. The number of nitrogen functional groups attached to an aromatic ring is 1. The van der Waals surface area contributed by atoms with Crippen LogP contribution >= 0.6 is 11.8 Å². The number of rotatable bonds is 6. The first kappa shape index (κ1) is 18.5. The summed E-state index contributed by atoms with van der Waals surface area (Å²) >= 11 is 1.20. The summed E-state index contributed by atoms with van der Waals surface area (Å²) in [5, 5.41) is 11.5. The fourth-order valence-corrected chi connectivity index (χ4v) is 3.33. The van der Waals surface area contributed by atoms with Gasteiger partial charge in [0.05, 0.1) is 11.6 Å². The van der Waals surface area contributed by atoms with Gasteiger partial charge in [0.1, 0.15) is 10.5 Å². The first-order valence-corrected chi connectivity index (χ1v) is 8.73. The molecule has 0 unspecified atom stereocenters. The van der Waals surface area contributed by atoms with Crippen LogP contribution in [0.15, 0.2) is 23.6 Å². The lowest BCUT2D eigenvalue weighted by Gasteiger charge is -2.19. The van der Waals surface area contributed by atoms with Gasteiger partial charge in [-0.1, -0.05) is 25.6 Å². The van der Waals surface area contributed by atoms with Crippen molar-refractivity contribution in [2.75, 3.05) is 11.1 Å². The highest BCUT2D eigenvalue weighted by Crippen LogP contribution is 2.31. The van der Waals surface area contributed by atoms with E-state index in [1.54, 1.807) is 0 Å². The highest BCUT2D eigenvalue weighted by molar-refractivity contribution is 8.00. The van der Waals surface area contributed by atoms with Crippen LogP contribution in [0.5, 0.6) is 0 Å². The Kier molecular flexibility index (Phi) is 5.16.